The van der Waals surface area contributed by atoms with Crippen molar-refractivity contribution in [2.75, 3.05) is 17.7 Å². The molecule has 0 saturated heterocycles. The van der Waals surface area contributed by atoms with Gasteiger partial charge in [0.05, 0.1) is 0 Å². The van der Waals surface area contributed by atoms with Crippen molar-refractivity contribution in [3.63, 3.8) is 0 Å². The van der Waals surface area contributed by atoms with Crippen molar-refractivity contribution in [2.45, 2.75) is 38.1 Å². The first kappa shape index (κ1) is 11.6. The van der Waals surface area contributed by atoms with Crippen LogP contribution in [0.25, 0.3) is 0 Å². The zero-order valence-electron chi connectivity index (χ0n) is 9.68. The topological polar surface area (TPSA) is 49.8 Å². The fraction of sp³-hybridized carbons (Fsp3) is 0.636. The SMILES string of the molecule is CNc1ncnc(NC2(C)CCCC2)c1Br. The molecule has 1 heterocycles. The van der Waals surface area contributed by atoms with Gasteiger partial charge in [0.25, 0.3) is 0 Å². The molecule has 1 aliphatic carbocycles. The Kier molecular flexibility index (Phi) is 3.33. The lowest BCUT2D eigenvalue weighted by Gasteiger charge is -2.26. The number of aromatic nitrogens is 2. The van der Waals surface area contributed by atoms with E-state index in [1.165, 1.54) is 25.7 Å². The number of anilines is 2. The average Bonchev–Trinajstić information content (AvgIpc) is 2.68. The molecule has 0 radical (unpaired) electrons. The third-order valence-electron chi connectivity index (χ3n) is 3.15. The van der Waals surface area contributed by atoms with E-state index in [0.717, 1.165) is 16.1 Å². The molecule has 1 aromatic rings. The zero-order chi connectivity index (χ0) is 11.6. The molecule has 1 aromatic heterocycles. The van der Waals surface area contributed by atoms with Gasteiger partial charge in [-0.25, -0.2) is 9.97 Å². The normalized spacial score (nSPS) is 18.4. The summed E-state index contributed by atoms with van der Waals surface area (Å²) in [7, 11) is 1.86. The second-order valence-corrected chi connectivity index (χ2v) is 5.32. The van der Waals surface area contributed by atoms with Crippen LogP contribution >= 0.6 is 15.9 Å². The fourth-order valence-electron chi connectivity index (χ4n) is 2.20. The van der Waals surface area contributed by atoms with Gasteiger partial charge in [0.15, 0.2) is 0 Å². The molecule has 2 N–H and O–H groups in total. The van der Waals surface area contributed by atoms with Crippen molar-refractivity contribution in [3.8, 4) is 0 Å². The lowest BCUT2D eigenvalue weighted by molar-refractivity contribution is 0.530. The molecule has 0 aromatic carbocycles. The van der Waals surface area contributed by atoms with Crippen molar-refractivity contribution in [1.29, 1.82) is 0 Å². The van der Waals surface area contributed by atoms with Crippen molar-refractivity contribution >= 4 is 27.6 Å². The van der Waals surface area contributed by atoms with Gasteiger partial charge in [-0.15, -0.1) is 0 Å². The molecule has 1 fully saturated rings. The highest BCUT2D eigenvalue weighted by Crippen LogP contribution is 2.35. The maximum Gasteiger partial charge on any atom is 0.146 e. The summed E-state index contributed by atoms with van der Waals surface area (Å²) < 4.78 is 0.908. The molecule has 16 heavy (non-hydrogen) atoms. The van der Waals surface area contributed by atoms with E-state index in [-0.39, 0.29) is 5.54 Å². The minimum Gasteiger partial charge on any atom is -0.372 e. The molecule has 4 nitrogen and oxygen atoms in total. The molecule has 2 rings (SSSR count). The maximum atomic E-state index is 4.29. The van der Waals surface area contributed by atoms with Crippen molar-refractivity contribution in [1.82, 2.24) is 9.97 Å². The smallest absolute Gasteiger partial charge is 0.146 e. The third-order valence-corrected chi connectivity index (χ3v) is 3.90. The number of nitrogens with one attached hydrogen (secondary N) is 2. The number of nitrogens with zero attached hydrogens (tertiary/aromatic N) is 2. The summed E-state index contributed by atoms with van der Waals surface area (Å²) in [6.07, 6.45) is 6.59. The molecular formula is C11H17BrN4. The Morgan fingerprint density at radius 2 is 1.88 bits per heavy atom. The first-order valence-corrected chi connectivity index (χ1v) is 6.40. The summed E-state index contributed by atoms with van der Waals surface area (Å²) in [5.74, 6) is 1.70. The van der Waals surface area contributed by atoms with Gasteiger partial charge in [-0.3, -0.25) is 0 Å². The van der Waals surface area contributed by atoms with E-state index in [0.29, 0.717) is 0 Å². The number of hydrogen-bond acceptors (Lipinski definition) is 4. The number of rotatable bonds is 3. The van der Waals surface area contributed by atoms with E-state index in [9.17, 15) is 0 Å². The van der Waals surface area contributed by atoms with Crippen LogP contribution in [0.4, 0.5) is 11.6 Å². The van der Waals surface area contributed by atoms with Crippen LogP contribution < -0.4 is 10.6 Å². The molecule has 5 heteroatoms. The average molecular weight is 285 g/mol. The molecule has 1 saturated carbocycles. The predicted octanol–water partition coefficient (Wildman–Crippen LogP) is 3.03. The van der Waals surface area contributed by atoms with Crippen molar-refractivity contribution in [2.24, 2.45) is 0 Å². The van der Waals surface area contributed by atoms with Crippen LogP contribution in [0, 0.1) is 0 Å². The van der Waals surface area contributed by atoms with E-state index >= 15 is 0 Å². The molecule has 0 atom stereocenters. The van der Waals surface area contributed by atoms with E-state index in [1.54, 1.807) is 6.33 Å². The molecular weight excluding hydrogens is 268 g/mol. The van der Waals surface area contributed by atoms with Crippen LogP contribution in [0.1, 0.15) is 32.6 Å². The van der Waals surface area contributed by atoms with Gasteiger partial charge in [0.2, 0.25) is 0 Å². The predicted molar refractivity (Wildman–Crippen MR) is 69.8 cm³/mol. The van der Waals surface area contributed by atoms with E-state index in [4.69, 9.17) is 0 Å². The van der Waals surface area contributed by atoms with Crippen LogP contribution in [0.5, 0.6) is 0 Å². The van der Waals surface area contributed by atoms with Gasteiger partial charge >= 0.3 is 0 Å². The third kappa shape index (κ3) is 2.29. The van der Waals surface area contributed by atoms with Crippen molar-refractivity contribution in [3.05, 3.63) is 10.8 Å². The number of halogens is 1. The lowest BCUT2D eigenvalue weighted by Crippen LogP contribution is -2.31. The monoisotopic (exact) mass is 284 g/mol. The summed E-state index contributed by atoms with van der Waals surface area (Å²) in [6.45, 7) is 2.26. The minimum absolute atomic E-state index is 0.182. The number of hydrogen-bond donors (Lipinski definition) is 2. The fourth-order valence-corrected chi connectivity index (χ4v) is 2.70. The van der Waals surface area contributed by atoms with Gasteiger partial charge in [-0.05, 0) is 35.7 Å². The lowest BCUT2D eigenvalue weighted by atomic mass is 10.0. The Hall–Kier alpha value is -0.840. The maximum absolute atomic E-state index is 4.29. The molecule has 0 unspecified atom stereocenters. The molecule has 0 amide bonds. The molecule has 0 spiro atoms. The van der Waals surface area contributed by atoms with Crippen molar-refractivity contribution < 1.29 is 0 Å². The second kappa shape index (κ2) is 4.57. The largest absolute Gasteiger partial charge is 0.372 e. The highest BCUT2D eigenvalue weighted by atomic mass is 79.9. The molecule has 88 valence electrons. The van der Waals surface area contributed by atoms with Crippen LogP contribution in [0.2, 0.25) is 0 Å². The molecule has 1 aliphatic rings. The summed E-state index contributed by atoms with van der Waals surface area (Å²) in [5.41, 5.74) is 0.182. The quantitative estimate of drug-likeness (QED) is 0.896. The Morgan fingerprint density at radius 3 is 2.50 bits per heavy atom. The first-order valence-electron chi connectivity index (χ1n) is 5.61. The Labute approximate surface area is 104 Å². The molecule has 0 aliphatic heterocycles. The highest BCUT2D eigenvalue weighted by Gasteiger charge is 2.29. The van der Waals surface area contributed by atoms with E-state index < -0.39 is 0 Å². The van der Waals surface area contributed by atoms with E-state index in [1.807, 2.05) is 7.05 Å². The van der Waals surface area contributed by atoms with E-state index in [2.05, 4.69) is 43.5 Å². The van der Waals surface area contributed by atoms with Gasteiger partial charge in [0.1, 0.15) is 22.4 Å². The molecule has 0 bridgehead atoms. The zero-order valence-corrected chi connectivity index (χ0v) is 11.3. The summed E-state index contributed by atoms with van der Waals surface area (Å²) in [4.78, 5) is 8.43. The van der Waals surface area contributed by atoms with Crippen LogP contribution in [0.3, 0.4) is 0 Å². The standard InChI is InChI=1S/C11H17BrN4/c1-11(5-3-4-6-11)16-10-8(12)9(13-2)14-7-15-10/h7H,3-6H2,1-2H3,(H2,13,14,15,16). The van der Waals surface area contributed by atoms with Gasteiger partial charge in [0, 0.05) is 12.6 Å². The van der Waals surface area contributed by atoms with Gasteiger partial charge < -0.3 is 10.6 Å². The summed E-state index contributed by atoms with van der Waals surface area (Å²) >= 11 is 3.52. The Bertz CT molecular complexity index is 374. The summed E-state index contributed by atoms with van der Waals surface area (Å²) in [5, 5.41) is 6.56. The van der Waals surface area contributed by atoms with Gasteiger partial charge in [-0.2, -0.15) is 0 Å². The first-order chi connectivity index (χ1) is 7.64. The highest BCUT2D eigenvalue weighted by molar-refractivity contribution is 9.10. The summed E-state index contributed by atoms with van der Waals surface area (Å²) in [6, 6.07) is 0. The Balaban J connectivity index is 2.21. The van der Waals surface area contributed by atoms with Gasteiger partial charge in [-0.1, -0.05) is 12.8 Å². The second-order valence-electron chi connectivity index (χ2n) is 4.53. The van der Waals surface area contributed by atoms with Crippen LogP contribution in [-0.4, -0.2) is 22.6 Å². The minimum atomic E-state index is 0.182. The Morgan fingerprint density at radius 1 is 1.25 bits per heavy atom. The van der Waals surface area contributed by atoms with Crippen LogP contribution in [-0.2, 0) is 0 Å². The van der Waals surface area contributed by atoms with Crippen LogP contribution in [0.15, 0.2) is 10.8 Å².